The molecule has 8 heteroatoms. The van der Waals surface area contributed by atoms with Gasteiger partial charge in [-0.05, 0) is 73.7 Å². The second kappa shape index (κ2) is 9.46. The Balaban J connectivity index is 1.48. The number of aliphatic hydroxyl groups is 1. The van der Waals surface area contributed by atoms with E-state index in [1.165, 1.54) is 12.1 Å². The lowest BCUT2D eigenvalue weighted by Crippen LogP contribution is -2.51. The molecule has 0 radical (unpaired) electrons. The molecule has 0 spiro atoms. The van der Waals surface area contributed by atoms with E-state index in [0.29, 0.717) is 37.6 Å². The lowest BCUT2D eigenvalue weighted by atomic mass is 9.99. The number of aromatic nitrogens is 2. The van der Waals surface area contributed by atoms with Crippen LogP contribution in [0.25, 0.3) is 11.8 Å². The van der Waals surface area contributed by atoms with Gasteiger partial charge in [-0.1, -0.05) is 18.2 Å². The maximum atomic E-state index is 13.6. The van der Waals surface area contributed by atoms with E-state index < -0.39 is 0 Å². The van der Waals surface area contributed by atoms with Crippen molar-refractivity contribution in [2.24, 2.45) is 4.99 Å². The van der Waals surface area contributed by atoms with Crippen LogP contribution in [0.5, 0.6) is 0 Å². The average Bonchev–Trinajstić information content (AvgIpc) is 3.42. The van der Waals surface area contributed by atoms with Gasteiger partial charge in [0.2, 0.25) is 5.96 Å². The van der Waals surface area contributed by atoms with Gasteiger partial charge in [0.25, 0.3) is 5.91 Å². The zero-order valence-corrected chi connectivity index (χ0v) is 19.9. The fourth-order valence-corrected chi connectivity index (χ4v) is 4.77. The van der Waals surface area contributed by atoms with Gasteiger partial charge in [-0.25, -0.2) is 14.4 Å². The molecule has 1 saturated heterocycles. The van der Waals surface area contributed by atoms with Crippen molar-refractivity contribution < 1.29 is 14.3 Å². The number of hydrogen-bond acceptors (Lipinski definition) is 5. The Labute approximate surface area is 203 Å². The maximum absolute atomic E-state index is 13.6. The number of carbonyl (C=O) groups is 1. The smallest absolute Gasteiger partial charge is 0.279 e. The van der Waals surface area contributed by atoms with Crippen LogP contribution in [0.2, 0.25) is 0 Å². The lowest BCUT2D eigenvalue weighted by molar-refractivity contribution is -0.125. The summed E-state index contributed by atoms with van der Waals surface area (Å²) in [5.41, 5.74) is 5.17. The minimum atomic E-state index is -0.305. The third-order valence-electron chi connectivity index (χ3n) is 6.50. The molecular formula is C27H28FN5O2. The van der Waals surface area contributed by atoms with E-state index >= 15 is 0 Å². The summed E-state index contributed by atoms with van der Waals surface area (Å²) in [6.07, 6.45) is 6.87. The van der Waals surface area contributed by atoms with Crippen molar-refractivity contribution in [2.75, 3.05) is 19.7 Å². The molecule has 0 bridgehead atoms. The predicted molar refractivity (Wildman–Crippen MR) is 132 cm³/mol. The van der Waals surface area contributed by atoms with Gasteiger partial charge < -0.3 is 14.6 Å². The van der Waals surface area contributed by atoms with E-state index in [9.17, 15) is 14.3 Å². The highest BCUT2D eigenvalue weighted by molar-refractivity contribution is 6.14. The summed E-state index contributed by atoms with van der Waals surface area (Å²) in [5.74, 6) is 0.119. The summed E-state index contributed by atoms with van der Waals surface area (Å²) in [5, 5.41) is 9.32. The van der Waals surface area contributed by atoms with Crippen molar-refractivity contribution in [3.63, 3.8) is 0 Å². The quantitative estimate of drug-likeness (QED) is 0.550. The molecule has 5 rings (SSSR count). The largest absolute Gasteiger partial charge is 0.396 e. The number of imidazole rings is 1. The molecule has 3 heterocycles. The molecule has 0 unspecified atom stereocenters. The number of hydrogen-bond donors (Lipinski definition) is 1. The summed E-state index contributed by atoms with van der Waals surface area (Å²) in [7, 11) is 0. The Kier molecular flexibility index (Phi) is 6.21. The second-order valence-corrected chi connectivity index (χ2v) is 9.01. The highest BCUT2D eigenvalue weighted by Gasteiger charge is 2.42. The van der Waals surface area contributed by atoms with E-state index in [2.05, 4.69) is 4.98 Å². The number of aliphatic hydroxyl groups excluding tert-OH is 1. The minimum Gasteiger partial charge on any atom is -0.396 e. The molecule has 1 aromatic heterocycles. The monoisotopic (exact) mass is 473 g/mol. The first-order valence-corrected chi connectivity index (χ1v) is 11.8. The van der Waals surface area contributed by atoms with Gasteiger partial charge in [-0.3, -0.25) is 9.69 Å². The Hall–Kier alpha value is -3.78. The van der Waals surface area contributed by atoms with E-state index in [1.54, 1.807) is 23.4 Å². The van der Waals surface area contributed by atoms with Crippen LogP contribution in [0.15, 0.2) is 65.7 Å². The number of aryl methyl sites for hydroxylation is 2. The number of halogens is 1. The molecule has 2 aliphatic rings. The van der Waals surface area contributed by atoms with Crippen molar-refractivity contribution in [1.82, 2.24) is 19.4 Å². The number of benzene rings is 2. The normalized spacial score (nSPS) is 18.9. The van der Waals surface area contributed by atoms with Crippen molar-refractivity contribution in [3.05, 3.63) is 88.9 Å². The molecule has 1 N–H and O–H groups in total. The molecule has 1 fully saturated rings. The number of amides is 1. The molecule has 7 nitrogen and oxygen atoms in total. The van der Waals surface area contributed by atoms with Crippen LogP contribution in [-0.2, 0) is 4.79 Å². The van der Waals surface area contributed by atoms with Crippen LogP contribution in [0.4, 0.5) is 4.39 Å². The van der Waals surface area contributed by atoms with E-state index in [4.69, 9.17) is 4.99 Å². The maximum Gasteiger partial charge on any atom is 0.279 e. The summed E-state index contributed by atoms with van der Waals surface area (Å²) in [6.45, 7) is 5.37. The topological polar surface area (TPSA) is 74.0 Å². The van der Waals surface area contributed by atoms with E-state index in [-0.39, 0.29) is 24.4 Å². The zero-order valence-electron chi connectivity index (χ0n) is 19.9. The van der Waals surface area contributed by atoms with E-state index in [0.717, 1.165) is 28.1 Å². The number of fused-ring (bicyclic) bond motifs is 1. The molecule has 1 atom stereocenters. The minimum absolute atomic E-state index is 0.0733. The van der Waals surface area contributed by atoms with Gasteiger partial charge in [0, 0.05) is 31.6 Å². The molecule has 180 valence electrons. The Bertz CT molecular complexity index is 1310. The van der Waals surface area contributed by atoms with Crippen LogP contribution in [-0.4, -0.2) is 56.0 Å². The second-order valence-electron chi connectivity index (χ2n) is 9.01. The molecule has 1 amide bonds. The highest BCUT2D eigenvalue weighted by Crippen LogP contribution is 2.36. The van der Waals surface area contributed by atoms with Gasteiger partial charge in [0.1, 0.15) is 11.5 Å². The Morgan fingerprint density at radius 1 is 1.17 bits per heavy atom. The number of guanidine groups is 1. The molecule has 3 aromatic rings. The van der Waals surface area contributed by atoms with E-state index in [1.807, 2.05) is 53.8 Å². The summed E-state index contributed by atoms with van der Waals surface area (Å²) in [4.78, 5) is 26.4. The first-order valence-electron chi connectivity index (χ1n) is 11.8. The van der Waals surface area contributed by atoms with Crippen molar-refractivity contribution in [2.45, 2.75) is 32.7 Å². The van der Waals surface area contributed by atoms with Crippen molar-refractivity contribution >= 4 is 17.9 Å². The number of nitrogens with zero attached hydrogens (tertiary/aromatic N) is 5. The molecule has 2 aromatic carbocycles. The van der Waals surface area contributed by atoms with Crippen LogP contribution in [0.3, 0.4) is 0 Å². The Morgan fingerprint density at radius 2 is 1.97 bits per heavy atom. The third-order valence-corrected chi connectivity index (χ3v) is 6.50. The summed E-state index contributed by atoms with van der Waals surface area (Å²) in [6, 6.07) is 12.1. The average molecular weight is 474 g/mol. The molecule has 0 saturated carbocycles. The van der Waals surface area contributed by atoms with Crippen LogP contribution >= 0.6 is 0 Å². The summed E-state index contributed by atoms with van der Waals surface area (Å²) >= 11 is 0. The lowest BCUT2D eigenvalue weighted by Gasteiger charge is -2.40. The fourth-order valence-electron chi connectivity index (χ4n) is 4.77. The Morgan fingerprint density at radius 3 is 2.66 bits per heavy atom. The number of aliphatic imine (C=N–C) groups is 1. The van der Waals surface area contributed by atoms with Gasteiger partial charge in [-0.2, -0.15) is 0 Å². The van der Waals surface area contributed by atoms with Crippen LogP contribution in [0, 0.1) is 19.7 Å². The van der Waals surface area contributed by atoms with Gasteiger partial charge in [0.05, 0.1) is 18.1 Å². The molecule has 2 aliphatic heterocycles. The highest BCUT2D eigenvalue weighted by atomic mass is 19.1. The molecule has 0 aliphatic carbocycles. The van der Waals surface area contributed by atoms with Crippen LogP contribution in [0.1, 0.15) is 41.3 Å². The van der Waals surface area contributed by atoms with Crippen LogP contribution < -0.4 is 0 Å². The zero-order chi connectivity index (χ0) is 24.5. The first kappa shape index (κ1) is 23.0. The number of carbonyl (C=O) groups excluding carboxylic acids is 1. The van der Waals surface area contributed by atoms with Gasteiger partial charge in [-0.15, -0.1) is 0 Å². The summed E-state index contributed by atoms with van der Waals surface area (Å²) < 4.78 is 15.5. The fraction of sp³-hybridized carbons (Fsp3) is 0.296. The number of rotatable bonds is 6. The van der Waals surface area contributed by atoms with Crippen molar-refractivity contribution in [1.29, 1.82) is 0 Å². The molecule has 35 heavy (non-hydrogen) atoms. The molecular weight excluding hydrogens is 445 g/mol. The van der Waals surface area contributed by atoms with Gasteiger partial charge >= 0.3 is 0 Å². The standard InChI is InChI=1S/C27H28FN5O2/c1-18-14-20(4-9-24(18)32-16-19(2)29-17-32)15-23-26(35)33-25(21-5-7-22(28)8-6-21)10-12-31(11-3-13-34)27(33)30-23/h4-9,14-17,25,34H,3,10-13H2,1-2H3/b23-15-/t25-/m0/s1. The first-order chi connectivity index (χ1) is 16.9. The van der Waals surface area contributed by atoms with Crippen molar-refractivity contribution in [3.8, 4) is 5.69 Å². The SMILES string of the molecule is Cc1cn(-c2ccc(/C=C3\N=C4N(CCCO)CC[C@@H](c5ccc(F)cc5)N4C3=O)cc2C)cn1. The predicted octanol–water partition coefficient (Wildman–Crippen LogP) is 4.00. The third kappa shape index (κ3) is 4.49. The van der Waals surface area contributed by atoms with Gasteiger partial charge in [0.15, 0.2) is 0 Å².